The van der Waals surface area contributed by atoms with Gasteiger partial charge in [0.25, 0.3) is 0 Å². The van der Waals surface area contributed by atoms with Crippen LogP contribution < -0.4 is 15.8 Å². The van der Waals surface area contributed by atoms with Crippen LogP contribution in [-0.2, 0) is 0 Å². The Morgan fingerprint density at radius 2 is 1.94 bits per heavy atom. The molecule has 0 spiro atoms. The van der Waals surface area contributed by atoms with Crippen molar-refractivity contribution in [2.75, 3.05) is 43.8 Å². The summed E-state index contributed by atoms with van der Waals surface area (Å²) >= 11 is 7.70. The monoisotopic (exact) mass is 715 g/mol. The number of thiazole rings is 1. The molecule has 49 heavy (non-hydrogen) atoms. The zero-order valence-electron chi connectivity index (χ0n) is 25.9. The third-order valence-electron chi connectivity index (χ3n) is 9.73. The highest BCUT2D eigenvalue weighted by Gasteiger charge is 2.49. The van der Waals surface area contributed by atoms with E-state index in [1.807, 2.05) is 0 Å². The Bertz CT molecular complexity index is 2110. The highest BCUT2D eigenvalue weighted by Crippen LogP contribution is 2.43. The van der Waals surface area contributed by atoms with Crippen LogP contribution in [0.15, 0.2) is 30.5 Å². The van der Waals surface area contributed by atoms with Gasteiger partial charge in [0.2, 0.25) is 5.95 Å². The number of alkyl halides is 1. The number of hydrogen-bond donors (Lipinski definition) is 2. The average Bonchev–Trinajstić information content (AvgIpc) is 3.85. The molecule has 5 aromatic rings. The second kappa shape index (κ2) is 12.2. The van der Waals surface area contributed by atoms with Crippen LogP contribution in [0, 0.1) is 17.6 Å². The van der Waals surface area contributed by atoms with Crippen molar-refractivity contribution in [1.29, 1.82) is 0 Å². The minimum Gasteiger partial charge on any atom is -0.461 e. The van der Waals surface area contributed by atoms with Crippen molar-refractivity contribution < 1.29 is 27.1 Å². The molecule has 11 nitrogen and oxygen atoms in total. The molecule has 3 aliphatic heterocycles. The number of nitrogen functional groups attached to an aromatic ring is 1. The van der Waals surface area contributed by atoms with Crippen LogP contribution in [0.25, 0.3) is 32.2 Å². The molecule has 3 saturated heterocycles. The Hall–Kier alpha value is -4.28. The Morgan fingerprint density at radius 1 is 1.12 bits per heavy atom. The first-order chi connectivity index (χ1) is 23.6. The molecule has 3 N–H and O–H groups in total. The first-order valence-corrected chi connectivity index (χ1v) is 17.1. The third-order valence-corrected chi connectivity index (χ3v) is 10.9. The van der Waals surface area contributed by atoms with Crippen molar-refractivity contribution in [3.63, 3.8) is 0 Å². The first-order valence-electron chi connectivity index (χ1n) is 15.9. The van der Waals surface area contributed by atoms with Gasteiger partial charge in [-0.15, -0.1) is 5.10 Å². The third kappa shape index (κ3) is 5.68. The fourth-order valence-corrected chi connectivity index (χ4v) is 8.46. The van der Waals surface area contributed by atoms with Crippen molar-refractivity contribution in [2.24, 2.45) is 0 Å². The quantitative estimate of drug-likeness (QED) is 0.196. The van der Waals surface area contributed by atoms with Gasteiger partial charge >= 0.3 is 12.0 Å². The molecule has 256 valence electrons. The molecule has 0 saturated carbocycles. The number of ether oxygens (including phenoxy) is 1. The smallest absolute Gasteiger partial charge is 0.344 e. The van der Waals surface area contributed by atoms with Gasteiger partial charge in [-0.2, -0.15) is 19.0 Å². The summed E-state index contributed by atoms with van der Waals surface area (Å²) < 4.78 is 66.6. The molecule has 0 unspecified atom stereocenters. The Kier molecular flexibility index (Phi) is 7.99. The van der Waals surface area contributed by atoms with Crippen LogP contribution >= 0.6 is 22.9 Å². The number of nitrogens with two attached hydrogens (primary N) is 1. The number of carbonyl (C=O) groups excluding carboxylic acids is 1. The summed E-state index contributed by atoms with van der Waals surface area (Å²) in [6.45, 7) is 1.95. The molecule has 0 aliphatic carbocycles. The number of likely N-dealkylation sites (tertiary alicyclic amines) is 1. The Labute approximate surface area is 286 Å². The molecule has 0 bridgehead atoms. The number of aromatic nitrogens is 5. The van der Waals surface area contributed by atoms with E-state index in [-0.39, 0.29) is 66.9 Å². The van der Waals surface area contributed by atoms with Crippen molar-refractivity contribution in [1.82, 2.24) is 34.5 Å². The minimum absolute atomic E-state index is 0.0251. The van der Waals surface area contributed by atoms with E-state index in [1.165, 1.54) is 18.3 Å². The average molecular weight is 716 g/mol. The number of nitrogens with zero attached hydrogens (tertiary/aromatic N) is 7. The predicted molar refractivity (Wildman–Crippen MR) is 177 cm³/mol. The SMILES string of the molecule is Nc1nc2c(-c3c(Cl)cc4c(NC5CCN(C(=O)n6ccc(F)n6)CC5)nc(OC[C@@]56CCCN5C[C@H](F)C6)nc4c3F)ccc(F)c2s1. The van der Waals surface area contributed by atoms with Gasteiger partial charge in [0.1, 0.15) is 29.9 Å². The van der Waals surface area contributed by atoms with Gasteiger partial charge in [-0.05, 0) is 50.4 Å². The number of rotatable bonds is 6. The van der Waals surface area contributed by atoms with Crippen molar-refractivity contribution in [2.45, 2.75) is 49.9 Å². The van der Waals surface area contributed by atoms with E-state index in [0.29, 0.717) is 38.9 Å². The van der Waals surface area contributed by atoms with E-state index < -0.39 is 35.3 Å². The number of fused-ring (bicyclic) bond motifs is 3. The number of nitrogens with one attached hydrogen (secondary N) is 1. The van der Waals surface area contributed by atoms with E-state index in [1.54, 1.807) is 11.0 Å². The highest BCUT2D eigenvalue weighted by atomic mass is 35.5. The minimum atomic E-state index is -0.960. The number of carbonyl (C=O) groups is 1. The van der Waals surface area contributed by atoms with E-state index in [0.717, 1.165) is 41.5 Å². The zero-order valence-corrected chi connectivity index (χ0v) is 27.5. The van der Waals surface area contributed by atoms with E-state index in [2.05, 4.69) is 30.3 Å². The lowest BCUT2D eigenvalue weighted by molar-refractivity contribution is 0.107. The maximum atomic E-state index is 16.8. The number of benzene rings is 2. The van der Waals surface area contributed by atoms with Gasteiger partial charge < -0.3 is 20.7 Å². The molecular weight excluding hydrogens is 686 g/mol. The molecule has 2 aromatic carbocycles. The fraction of sp³-hybridized carbons (Fsp3) is 0.406. The van der Waals surface area contributed by atoms with Crippen LogP contribution in [0.5, 0.6) is 6.01 Å². The summed E-state index contributed by atoms with van der Waals surface area (Å²) in [5.74, 6) is -1.80. The highest BCUT2D eigenvalue weighted by molar-refractivity contribution is 7.22. The normalized spacial score (nSPS) is 21.6. The number of halogens is 5. The Morgan fingerprint density at radius 3 is 2.71 bits per heavy atom. The fourth-order valence-electron chi connectivity index (χ4n) is 7.40. The van der Waals surface area contributed by atoms with Crippen LogP contribution in [0.4, 0.5) is 33.3 Å². The number of anilines is 2. The second-order valence-electron chi connectivity index (χ2n) is 12.8. The standard InChI is InChI=1S/C32H30ClF4N9O2S/c33-20-12-19-25(24(37)23(20)18-2-3-21(35)27-26(18)40-29(38)49-27)41-30(48-15-32-7-1-8-45(32)14-16(34)13-32)42-28(19)39-17-4-9-44(10-5-17)31(47)46-11-6-22(36)43-46/h2-3,6,11-12,16-17H,1,4-5,7-10,13-15H2,(H2,38,40)(H,39,41,42)/t16-,32+/m1/s1. The molecule has 17 heteroatoms. The molecular formula is C32H30ClF4N9O2S. The van der Waals surface area contributed by atoms with E-state index in [9.17, 15) is 18.0 Å². The molecule has 8 rings (SSSR count). The largest absolute Gasteiger partial charge is 0.461 e. The summed E-state index contributed by atoms with van der Waals surface area (Å²) in [6, 6.07) is 4.54. The number of hydrogen-bond acceptors (Lipinski definition) is 10. The molecule has 3 aromatic heterocycles. The maximum Gasteiger partial charge on any atom is 0.344 e. The van der Waals surface area contributed by atoms with Crippen LogP contribution in [0.3, 0.4) is 0 Å². The molecule has 6 heterocycles. The summed E-state index contributed by atoms with van der Waals surface area (Å²) in [4.78, 5) is 29.8. The van der Waals surface area contributed by atoms with Gasteiger partial charge in [-0.3, -0.25) is 4.90 Å². The lowest BCUT2D eigenvalue weighted by Crippen LogP contribution is -2.44. The zero-order chi connectivity index (χ0) is 34.0. The van der Waals surface area contributed by atoms with E-state index >= 15 is 4.39 Å². The van der Waals surface area contributed by atoms with Gasteiger partial charge in [0, 0.05) is 60.9 Å². The Balaban J connectivity index is 1.15. The molecule has 0 radical (unpaired) electrons. The topological polar surface area (TPSA) is 127 Å². The first kappa shape index (κ1) is 32.0. The van der Waals surface area contributed by atoms with Gasteiger partial charge in [-0.25, -0.2) is 22.9 Å². The lowest BCUT2D eigenvalue weighted by Gasteiger charge is -2.32. The van der Waals surface area contributed by atoms with Gasteiger partial charge in [-0.1, -0.05) is 22.9 Å². The summed E-state index contributed by atoms with van der Waals surface area (Å²) in [5.41, 5.74) is 5.71. The molecule has 3 fully saturated rings. The van der Waals surface area contributed by atoms with Crippen molar-refractivity contribution >= 4 is 61.0 Å². The summed E-state index contributed by atoms with van der Waals surface area (Å²) in [6.07, 6.45) is 3.33. The van der Waals surface area contributed by atoms with Gasteiger partial charge in [0.15, 0.2) is 10.9 Å². The maximum absolute atomic E-state index is 16.8. The lowest BCUT2D eigenvalue weighted by atomic mass is 9.95. The number of piperidine rings is 1. The van der Waals surface area contributed by atoms with Crippen LogP contribution in [0.1, 0.15) is 32.1 Å². The van der Waals surface area contributed by atoms with Crippen LogP contribution in [-0.4, -0.2) is 91.1 Å². The molecule has 1 amide bonds. The van der Waals surface area contributed by atoms with Crippen LogP contribution in [0.2, 0.25) is 5.02 Å². The predicted octanol–water partition coefficient (Wildman–Crippen LogP) is 6.26. The molecule has 3 aliphatic rings. The van der Waals surface area contributed by atoms with E-state index in [4.69, 9.17) is 22.1 Å². The van der Waals surface area contributed by atoms with Crippen molar-refractivity contribution in [3.05, 3.63) is 53.1 Å². The second-order valence-corrected chi connectivity index (χ2v) is 14.2. The van der Waals surface area contributed by atoms with Crippen molar-refractivity contribution in [3.8, 4) is 17.1 Å². The molecule has 2 atom stereocenters. The summed E-state index contributed by atoms with van der Waals surface area (Å²) in [5, 5.41) is 7.37. The van der Waals surface area contributed by atoms with Gasteiger partial charge in [0.05, 0.1) is 20.8 Å². The number of amides is 1. The summed E-state index contributed by atoms with van der Waals surface area (Å²) in [7, 11) is 0.